The monoisotopic (exact) mass is 395 g/mol. The van der Waals surface area contributed by atoms with Crippen molar-refractivity contribution in [3.05, 3.63) is 58.1 Å². The summed E-state index contributed by atoms with van der Waals surface area (Å²) in [4.78, 5) is 24.0. The summed E-state index contributed by atoms with van der Waals surface area (Å²) in [6.45, 7) is 3.91. The minimum Gasteiger partial charge on any atom is -0.479 e. The van der Waals surface area contributed by atoms with E-state index in [0.717, 1.165) is 6.42 Å². The van der Waals surface area contributed by atoms with E-state index in [1.54, 1.807) is 49.4 Å². The lowest BCUT2D eigenvalue weighted by Crippen LogP contribution is -2.30. The number of benzene rings is 2. The van der Waals surface area contributed by atoms with E-state index in [0.29, 0.717) is 33.7 Å². The molecule has 2 rings (SSSR count). The molecule has 0 unspecified atom stereocenters. The second-order valence-corrected chi connectivity index (χ2v) is 6.38. The number of ether oxygens (including phenoxy) is 2. The molecule has 0 heterocycles. The highest BCUT2D eigenvalue weighted by molar-refractivity contribution is 6.35. The van der Waals surface area contributed by atoms with Crippen LogP contribution in [0.1, 0.15) is 30.6 Å². The summed E-state index contributed by atoms with van der Waals surface area (Å²) in [7, 11) is 0. The van der Waals surface area contributed by atoms with E-state index in [4.69, 9.17) is 32.7 Å². The molecule has 0 spiro atoms. The fourth-order valence-corrected chi connectivity index (χ4v) is 2.48. The third-order valence-corrected chi connectivity index (χ3v) is 3.92. The summed E-state index contributed by atoms with van der Waals surface area (Å²) in [5.74, 6) is -0.371. The first-order valence-corrected chi connectivity index (χ1v) is 8.86. The Labute approximate surface area is 162 Å². The molecule has 0 aliphatic heterocycles. The van der Waals surface area contributed by atoms with Crippen LogP contribution in [0.3, 0.4) is 0 Å². The number of esters is 1. The van der Waals surface area contributed by atoms with Crippen molar-refractivity contribution in [3.8, 4) is 5.75 Å². The SMILES string of the molecule is CCCOC(=O)c1ccc(NC(=O)[C@H](C)Oc2ccc(Cl)cc2Cl)cc1. The van der Waals surface area contributed by atoms with Gasteiger partial charge in [0.05, 0.1) is 17.2 Å². The van der Waals surface area contributed by atoms with Gasteiger partial charge in [-0.05, 0) is 55.8 Å². The van der Waals surface area contributed by atoms with Crippen LogP contribution in [0.25, 0.3) is 0 Å². The molecule has 0 saturated heterocycles. The summed E-state index contributed by atoms with van der Waals surface area (Å²) in [6.07, 6.45) is -0.0158. The van der Waals surface area contributed by atoms with E-state index in [1.165, 1.54) is 0 Å². The fraction of sp³-hybridized carbons (Fsp3) is 0.263. The van der Waals surface area contributed by atoms with E-state index in [1.807, 2.05) is 6.92 Å². The van der Waals surface area contributed by atoms with Crippen LogP contribution in [0.15, 0.2) is 42.5 Å². The third-order valence-electron chi connectivity index (χ3n) is 3.39. The molecule has 5 nitrogen and oxygen atoms in total. The second kappa shape index (κ2) is 9.46. The van der Waals surface area contributed by atoms with Gasteiger partial charge in [0.25, 0.3) is 5.91 Å². The lowest BCUT2D eigenvalue weighted by Gasteiger charge is -2.16. The zero-order valence-corrected chi connectivity index (χ0v) is 15.9. The van der Waals surface area contributed by atoms with E-state index in [9.17, 15) is 9.59 Å². The van der Waals surface area contributed by atoms with Gasteiger partial charge in [0.15, 0.2) is 6.10 Å². The van der Waals surface area contributed by atoms with Gasteiger partial charge in [-0.15, -0.1) is 0 Å². The van der Waals surface area contributed by atoms with Crippen molar-refractivity contribution < 1.29 is 19.1 Å². The standard InChI is InChI=1S/C19H19Cl2NO4/c1-3-10-25-19(24)13-4-7-15(8-5-13)22-18(23)12(2)26-17-9-6-14(20)11-16(17)21/h4-9,11-12H,3,10H2,1-2H3,(H,22,23)/t12-/m0/s1. The van der Waals surface area contributed by atoms with Crippen LogP contribution in [0.4, 0.5) is 5.69 Å². The molecule has 26 heavy (non-hydrogen) atoms. The minimum atomic E-state index is -0.775. The molecule has 0 radical (unpaired) electrons. The number of halogens is 2. The lowest BCUT2D eigenvalue weighted by molar-refractivity contribution is -0.122. The smallest absolute Gasteiger partial charge is 0.338 e. The summed E-state index contributed by atoms with van der Waals surface area (Å²) in [5, 5.41) is 3.53. The van der Waals surface area contributed by atoms with Crippen LogP contribution in [-0.2, 0) is 9.53 Å². The maximum atomic E-state index is 12.3. The molecule has 1 amide bonds. The van der Waals surface area contributed by atoms with Crippen LogP contribution in [0.2, 0.25) is 10.0 Å². The van der Waals surface area contributed by atoms with Crippen molar-refractivity contribution >= 4 is 40.8 Å². The quantitative estimate of drug-likeness (QED) is 0.672. The highest BCUT2D eigenvalue weighted by Crippen LogP contribution is 2.28. The minimum absolute atomic E-state index is 0.326. The van der Waals surface area contributed by atoms with Gasteiger partial charge in [-0.1, -0.05) is 30.1 Å². The summed E-state index contributed by atoms with van der Waals surface area (Å²) in [5.41, 5.74) is 0.966. The molecular weight excluding hydrogens is 377 g/mol. The second-order valence-electron chi connectivity index (χ2n) is 5.54. The zero-order valence-electron chi connectivity index (χ0n) is 14.4. The summed E-state index contributed by atoms with van der Waals surface area (Å²) in [6, 6.07) is 11.2. The van der Waals surface area contributed by atoms with Crippen LogP contribution in [0, 0.1) is 0 Å². The van der Waals surface area contributed by atoms with Gasteiger partial charge >= 0.3 is 5.97 Å². The first kappa shape index (κ1) is 20.1. The normalized spacial score (nSPS) is 11.5. The van der Waals surface area contributed by atoms with E-state index in [-0.39, 0.29) is 11.9 Å². The topological polar surface area (TPSA) is 64.6 Å². The number of carbonyl (C=O) groups excluding carboxylic acids is 2. The van der Waals surface area contributed by atoms with Gasteiger partial charge in [-0.3, -0.25) is 4.79 Å². The van der Waals surface area contributed by atoms with Crippen molar-refractivity contribution in [3.63, 3.8) is 0 Å². The molecule has 138 valence electrons. The zero-order chi connectivity index (χ0) is 19.1. The van der Waals surface area contributed by atoms with Gasteiger partial charge in [0.2, 0.25) is 0 Å². The molecule has 2 aromatic carbocycles. The van der Waals surface area contributed by atoms with Crippen molar-refractivity contribution in [2.75, 3.05) is 11.9 Å². The van der Waals surface area contributed by atoms with Crippen molar-refractivity contribution in [1.82, 2.24) is 0 Å². The van der Waals surface area contributed by atoms with Gasteiger partial charge in [0, 0.05) is 10.7 Å². The Morgan fingerprint density at radius 3 is 2.42 bits per heavy atom. The predicted octanol–water partition coefficient (Wildman–Crippen LogP) is 4.97. The van der Waals surface area contributed by atoms with Gasteiger partial charge in [-0.25, -0.2) is 4.79 Å². The van der Waals surface area contributed by atoms with Crippen molar-refractivity contribution in [1.29, 1.82) is 0 Å². The maximum absolute atomic E-state index is 12.3. The number of nitrogens with one attached hydrogen (secondary N) is 1. The molecule has 0 bridgehead atoms. The number of hydrogen-bond acceptors (Lipinski definition) is 4. The fourth-order valence-electron chi connectivity index (χ4n) is 2.03. The van der Waals surface area contributed by atoms with E-state index >= 15 is 0 Å². The predicted molar refractivity (Wildman–Crippen MR) is 102 cm³/mol. The van der Waals surface area contributed by atoms with Crippen molar-refractivity contribution in [2.24, 2.45) is 0 Å². The van der Waals surface area contributed by atoms with Crippen molar-refractivity contribution in [2.45, 2.75) is 26.4 Å². The Morgan fingerprint density at radius 2 is 1.81 bits per heavy atom. The maximum Gasteiger partial charge on any atom is 0.338 e. The van der Waals surface area contributed by atoms with Crippen LogP contribution in [0.5, 0.6) is 5.75 Å². The van der Waals surface area contributed by atoms with Crippen LogP contribution in [-0.4, -0.2) is 24.6 Å². The largest absolute Gasteiger partial charge is 0.479 e. The molecule has 0 aliphatic carbocycles. The number of rotatable bonds is 7. The number of carbonyl (C=O) groups is 2. The highest BCUT2D eigenvalue weighted by Gasteiger charge is 2.17. The molecule has 0 aromatic heterocycles. The van der Waals surface area contributed by atoms with Gasteiger partial charge < -0.3 is 14.8 Å². The molecule has 7 heteroatoms. The Kier molecular flexibility index (Phi) is 7.30. The van der Waals surface area contributed by atoms with Crippen LogP contribution >= 0.6 is 23.2 Å². The average molecular weight is 396 g/mol. The third kappa shape index (κ3) is 5.64. The van der Waals surface area contributed by atoms with Crippen LogP contribution < -0.4 is 10.1 Å². The Morgan fingerprint density at radius 1 is 1.12 bits per heavy atom. The number of anilines is 1. The molecule has 0 aliphatic rings. The molecular formula is C19H19Cl2NO4. The highest BCUT2D eigenvalue weighted by atomic mass is 35.5. The summed E-state index contributed by atoms with van der Waals surface area (Å²) < 4.78 is 10.6. The Bertz CT molecular complexity index is 778. The summed E-state index contributed by atoms with van der Waals surface area (Å²) >= 11 is 11.9. The lowest BCUT2D eigenvalue weighted by atomic mass is 10.2. The molecule has 1 atom stereocenters. The first-order valence-electron chi connectivity index (χ1n) is 8.10. The molecule has 0 fully saturated rings. The first-order chi connectivity index (χ1) is 12.4. The molecule has 1 N–H and O–H groups in total. The van der Waals surface area contributed by atoms with E-state index in [2.05, 4.69) is 5.32 Å². The Balaban J connectivity index is 1.95. The van der Waals surface area contributed by atoms with Gasteiger partial charge in [0.1, 0.15) is 5.75 Å². The number of amides is 1. The average Bonchev–Trinajstić information content (AvgIpc) is 2.62. The Hall–Kier alpha value is -2.24. The molecule has 0 saturated carbocycles. The number of hydrogen-bond donors (Lipinski definition) is 1. The van der Waals surface area contributed by atoms with Gasteiger partial charge in [-0.2, -0.15) is 0 Å². The molecule has 2 aromatic rings. The van der Waals surface area contributed by atoms with E-state index < -0.39 is 6.10 Å².